The van der Waals surface area contributed by atoms with Crippen molar-refractivity contribution in [2.24, 2.45) is 17.6 Å². The molecule has 0 amide bonds. The van der Waals surface area contributed by atoms with Gasteiger partial charge in [0, 0.05) is 23.6 Å². The third kappa shape index (κ3) is 3.18. The fraction of sp³-hybridized carbons (Fsp3) is 0.538. The molecule has 1 aromatic carbocycles. The Bertz CT molecular complexity index is 395. The van der Waals surface area contributed by atoms with Crippen LogP contribution in [0.2, 0.25) is 5.02 Å². The van der Waals surface area contributed by atoms with Gasteiger partial charge in [0.2, 0.25) is 0 Å². The maximum atomic E-state index is 13.5. The molecule has 0 aromatic heterocycles. The van der Waals surface area contributed by atoms with Crippen molar-refractivity contribution in [1.29, 1.82) is 0 Å². The predicted octanol–water partition coefficient (Wildman–Crippen LogP) is 3.05. The van der Waals surface area contributed by atoms with Gasteiger partial charge in [-0.2, -0.15) is 0 Å². The molecule has 3 N–H and O–H groups in total. The second kappa shape index (κ2) is 5.80. The molecule has 96 valence electrons. The molecule has 2 unspecified atom stereocenters. The summed E-state index contributed by atoms with van der Waals surface area (Å²) in [5.74, 6) is -0.245. The molecular formula is C13H19ClFNO. The van der Waals surface area contributed by atoms with Crippen LogP contribution in [0.5, 0.6) is 0 Å². The third-order valence-corrected chi connectivity index (χ3v) is 3.49. The fourth-order valence-electron chi connectivity index (χ4n) is 1.89. The molecule has 17 heavy (non-hydrogen) atoms. The smallest absolute Gasteiger partial charge is 0.126 e. The lowest BCUT2D eigenvalue weighted by Crippen LogP contribution is -2.28. The highest BCUT2D eigenvalue weighted by Crippen LogP contribution is 2.31. The highest BCUT2D eigenvalue weighted by Gasteiger charge is 2.24. The zero-order valence-corrected chi connectivity index (χ0v) is 11.1. The number of benzene rings is 1. The van der Waals surface area contributed by atoms with E-state index < -0.39 is 6.04 Å². The van der Waals surface area contributed by atoms with Gasteiger partial charge in [-0.15, -0.1) is 0 Å². The third-order valence-electron chi connectivity index (χ3n) is 3.17. The first-order chi connectivity index (χ1) is 7.88. The van der Waals surface area contributed by atoms with E-state index >= 15 is 0 Å². The average molecular weight is 260 g/mol. The minimum Gasteiger partial charge on any atom is -0.396 e. The predicted molar refractivity (Wildman–Crippen MR) is 68.5 cm³/mol. The second-order valence-corrected chi connectivity index (χ2v) is 5.15. The summed E-state index contributed by atoms with van der Waals surface area (Å²) in [5.41, 5.74) is 7.11. The van der Waals surface area contributed by atoms with Crippen LogP contribution in [-0.2, 0) is 0 Å². The van der Waals surface area contributed by atoms with Crippen LogP contribution in [0.1, 0.15) is 31.0 Å². The summed E-state index contributed by atoms with van der Waals surface area (Å²) in [6.45, 7) is 5.56. The van der Waals surface area contributed by atoms with Crippen molar-refractivity contribution in [3.63, 3.8) is 0 Å². The summed E-state index contributed by atoms with van der Waals surface area (Å²) < 4.78 is 13.5. The quantitative estimate of drug-likeness (QED) is 0.873. The molecule has 4 heteroatoms. The molecule has 0 saturated heterocycles. The topological polar surface area (TPSA) is 46.2 Å². The summed E-state index contributed by atoms with van der Waals surface area (Å²) in [5, 5.41) is 9.78. The van der Waals surface area contributed by atoms with Crippen molar-refractivity contribution < 1.29 is 9.50 Å². The fourth-order valence-corrected chi connectivity index (χ4v) is 2.23. The SMILES string of the molecule is Cc1cc(Cl)c(C(N)C(CO)C(C)C)cc1F. The van der Waals surface area contributed by atoms with Gasteiger partial charge in [0.05, 0.1) is 0 Å². The van der Waals surface area contributed by atoms with E-state index in [0.29, 0.717) is 16.1 Å². The first kappa shape index (κ1) is 14.4. The molecule has 0 aliphatic carbocycles. The van der Waals surface area contributed by atoms with Crippen molar-refractivity contribution in [2.75, 3.05) is 6.61 Å². The first-order valence-electron chi connectivity index (χ1n) is 5.70. The van der Waals surface area contributed by atoms with Crippen molar-refractivity contribution in [2.45, 2.75) is 26.8 Å². The van der Waals surface area contributed by atoms with Gasteiger partial charge in [0.1, 0.15) is 5.82 Å². The van der Waals surface area contributed by atoms with Gasteiger partial charge in [-0.1, -0.05) is 25.4 Å². The van der Waals surface area contributed by atoms with Crippen molar-refractivity contribution in [3.8, 4) is 0 Å². The van der Waals surface area contributed by atoms with E-state index in [1.54, 1.807) is 13.0 Å². The van der Waals surface area contributed by atoms with Gasteiger partial charge in [-0.25, -0.2) is 4.39 Å². The lowest BCUT2D eigenvalue weighted by molar-refractivity contribution is 0.166. The zero-order valence-electron chi connectivity index (χ0n) is 10.4. The number of aliphatic hydroxyl groups is 1. The minimum atomic E-state index is -0.456. The van der Waals surface area contributed by atoms with E-state index in [4.69, 9.17) is 17.3 Å². The molecular weight excluding hydrogens is 241 g/mol. The van der Waals surface area contributed by atoms with E-state index in [1.165, 1.54) is 6.07 Å². The van der Waals surface area contributed by atoms with Gasteiger partial charge in [0.15, 0.2) is 0 Å². The highest BCUT2D eigenvalue weighted by atomic mass is 35.5. The Hall–Kier alpha value is -0.640. The summed E-state index contributed by atoms with van der Waals surface area (Å²) in [6.07, 6.45) is 0. The van der Waals surface area contributed by atoms with Crippen LogP contribution in [-0.4, -0.2) is 11.7 Å². The van der Waals surface area contributed by atoms with Crippen LogP contribution in [0.25, 0.3) is 0 Å². The van der Waals surface area contributed by atoms with E-state index in [0.717, 1.165) is 0 Å². The maximum Gasteiger partial charge on any atom is 0.126 e. The number of aryl methyl sites for hydroxylation is 1. The number of rotatable bonds is 4. The molecule has 0 radical (unpaired) electrons. The normalized spacial score (nSPS) is 15.1. The van der Waals surface area contributed by atoms with Crippen molar-refractivity contribution in [1.82, 2.24) is 0 Å². The largest absolute Gasteiger partial charge is 0.396 e. The lowest BCUT2D eigenvalue weighted by Gasteiger charge is -2.26. The molecule has 0 saturated carbocycles. The molecule has 0 aliphatic heterocycles. The molecule has 0 bridgehead atoms. The van der Waals surface area contributed by atoms with Crippen LogP contribution < -0.4 is 5.73 Å². The van der Waals surface area contributed by atoms with Crippen LogP contribution in [0, 0.1) is 24.6 Å². The summed E-state index contributed by atoms with van der Waals surface area (Å²) >= 11 is 6.07. The van der Waals surface area contributed by atoms with E-state index in [1.807, 2.05) is 13.8 Å². The number of nitrogens with two attached hydrogens (primary N) is 1. The summed E-state index contributed by atoms with van der Waals surface area (Å²) in [4.78, 5) is 0. The van der Waals surface area contributed by atoms with E-state index in [-0.39, 0.29) is 24.3 Å². The Kier molecular flexibility index (Phi) is 4.92. The maximum absolute atomic E-state index is 13.5. The van der Waals surface area contributed by atoms with Gasteiger partial charge in [-0.05, 0) is 36.1 Å². The summed E-state index contributed by atoms with van der Waals surface area (Å²) in [6, 6.07) is 2.48. The Morgan fingerprint density at radius 2 is 2.00 bits per heavy atom. The Morgan fingerprint density at radius 1 is 1.41 bits per heavy atom. The average Bonchev–Trinajstić information content (AvgIpc) is 2.23. The standard InChI is InChI=1S/C13H19ClFNO/c1-7(2)10(6-17)13(16)9-5-12(15)8(3)4-11(9)14/h4-5,7,10,13,17H,6,16H2,1-3H3. The number of hydrogen-bond donors (Lipinski definition) is 2. The van der Waals surface area contributed by atoms with Crippen molar-refractivity contribution >= 4 is 11.6 Å². The van der Waals surface area contributed by atoms with Gasteiger partial charge < -0.3 is 10.8 Å². The van der Waals surface area contributed by atoms with Crippen LogP contribution in [0.3, 0.4) is 0 Å². The molecule has 0 heterocycles. The molecule has 0 fully saturated rings. The zero-order chi connectivity index (χ0) is 13.2. The monoisotopic (exact) mass is 259 g/mol. The van der Waals surface area contributed by atoms with Crippen LogP contribution >= 0.6 is 11.6 Å². The van der Waals surface area contributed by atoms with Gasteiger partial charge >= 0.3 is 0 Å². The van der Waals surface area contributed by atoms with Gasteiger partial charge in [0.25, 0.3) is 0 Å². The Balaban J connectivity index is 3.11. The van der Waals surface area contributed by atoms with Gasteiger partial charge in [-0.3, -0.25) is 0 Å². The molecule has 2 nitrogen and oxygen atoms in total. The molecule has 2 atom stereocenters. The van der Waals surface area contributed by atoms with Crippen LogP contribution in [0.4, 0.5) is 4.39 Å². The van der Waals surface area contributed by atoms with E-state index in [9.17, 15) is 9.50 Å². The Labute approximate surface area is 107 Å². The molecule has 0 aliphatic rings. The molecule has 0 spiro atoms. The first-order valence-corrected chi connectivity index (χ1v) is 6.08. The van der Waals surface area contributed by atoms with Crippen LogP contribution in [0.15, 0.2) is 12.1 Å². The number of hydrogen-bond acceptors (Lipinski definition) is 2. The number of aliphatic hydroxyl groups excluding tert-OH is 1. The van der Waals surface area contributed by atoms with Crippen molar-refractivity contribution in [3.05, 3.63) is 34.1 Å². The minimum absolute atomic E-state index is 0.0370. The second-order valence-electron chi connectivity index (χ2n) is 4.74. The highest BCUT2D eigenvalue weighted by molar-refractivity contribution is 6.31. The Morgan fingerprint density at radius 3 is 2.47 bits per heavy atom. The lowest BCUT2D eigenvalue weighted by atomic mass is 9.85. The molecule has 1 aromatic rings. The number of halogens is 2. The van der Waals surface area contributed by atoms with E-state index in [2.05, 4.69) is 0 Å². The molecule has 1 rings (SSSR count). The summed E-state index contributed by atoms with van der Waals surface area (Å²) in [7, 11) is 0.